The molecule has 0 aliphatic heterocycles. The predicted molar refractivity (Wildman–Crippen MR) is 82.1 cm³/mol. The second-order valence-corrected chi connectivity index (χ2v) is 5.80. The molecule has 0 aromatic heterocycles. The Morgan fingerprint density at radius 1 is 1.33 bits per heavy atom. The van der Waals surface area contributed by atoms with Gasteiger partial charge >= 0.3 is 5.97 Å². The van der Waals surface area contributed by atoms with Gasteiger partial charge in [0.15, 0.2) is 0 Å². The minimum Gasteiger partial charge on any atom is -0.478 e. The molecule has 1 fully saturated rings. The zero-order valence-corrected chi connectivity index (χ0v) is 12.7. The molecule has 1 atom stereocenters. The second kappa shape index (κ2) is 6.12. The number of aryl methyl sites for hydroxylation is 1. The van der Waals surface area contributed by atoms with E-state index in [2.05, 4.69) is 6.92 Å². The summed E-state index contributed by atoms with van der Waals surface area (Å²) in [5.41, 5.74) is 2.28. The van der Waals surface area contributed by atoms with Gasteiger partial charge in [-0.2, -0.15) is 0 Å². The van der Waals surface area contributed by atoms with Crippen molar-refractivity contribution in [1.29, 1.82) is 0 Å². The summed E-state index contributed by atoms with van der Waals surface area (Å²) in [6.45, 7) is 3.98. The quantitative estimate of drug-likeness (QED) is 0.847. The van der Waals surface area contributed by atoms with Crippen molar-refractivity contribution in [3.05, 3.63) is 41.0 Å². The van der Waals surface area contributed by atoms with E-state index in [1.54, 1.807) is 11.0 Å². The lowest BCUT2D eigenvalue weighted by molar-refractivity contribution is -0.131. The zero-order valence-electron chi connectivity index (χ0n) is 12.7. The van der Waals surface area contributed by atoms with Crippen molar-refractivity contribution in [2.24, 2.45) is 5.92 Å². The molecule has 0 saturated heterocycles. The topological polar surface area (TPSA) is 57.6 Å². The van der Waals surface area contributed by atoms with Crippen molar-refractivity contribution >= 4 is 18.0 Å². The number of carboxylic acids is 1. The number of hydrogen-bond acceptors (Lipinski definition) is 2. The summed E-state index contributed by atoms with van der Waals surface area (Å²) in [4.78, 5) is 24.9. The van der Waals surface area contributed by atoms with E-state index < -0.39 is 5.97 Å². The van der Waals surface area contributed by atoms with Crippen LogP contribution in [-0.2, 0) is 4.79 Å². The molecule has 1 saturated carbocycles. The average molecular weight is 287 g/mol. The molecule has 1 N–H and O–H groups in total. The Morgan fingerprint density at radius 3 is 2.57 bits per heavy atom. The van der Waals surface area contributed by atoms with Crippen molar-refractivity contribution in [2.45, 2.75) is 32.7 Å². The van der Waals surface area contributed by atoms with Gasteiger partial charge in [0.25, 0.3) is 5.91 Å². The fourth-order valence-electron chi connectivity index (χ4n) is 2.48. The summed E-state index contributed by atoms with van der Waals surface area (Å²) in [5, 5.41) is 8.69. The van der Waals surface area contributed by atoms with Crippen LogP contribution in [0.4, 0.5) is 0 Å². The van der Waals surface area contributed by atoms with Gasteiger partial charge < -0.3 is 10.0 Å². The largest absolute Gasteiger partial charge is 0.478 e. The van der Waals surface area contributed by atoms with Crippen molar-refractivity contribution in [1.82, 2.24) is 4.90 Å². The van der Waals surface area contributed by atoms with E-state index in [1.807, 2.05) is 26.1 Å². The van der Waals surface area contributed by atoms with Crippen LogP contribution in [-0.4, -0.2) is 35.0 Å². The van der Waals surface area contributed by atoms with Gasteiger partial charge in [0, 0.05) is 24.7 Å². The SMILES string of the molecule is Cc1cc(/C=C/C(=O)O)cc(C(=O)N(C)C(C)C2CC2)c1. The van der Waals surface area contributed by atoms with Gasteiger partial charge in [0.05, 0.1) is 0 Å². The van der Waals surface area contributed by atoms with Crippen molar-refractivity contribution in [3.63, 3.8) is 0 Å². The van der Waals surface area contributed by atoms with Gasteiger partial charge in [0.2, 0.25) is 0 Å². The van der Waals surface area contributed by atoms with Gasteiger partial charge in [-0.3, -0.25) is 4.79 Å². The summed E-state index contributed by atoms with van der Waals surface area (Å²) in [6.07, 6.45) is 4.98. The van der Waals surface area contributed by atoms with E-state index in [0.29, 0.717) is 11.5 Å². The Labute approximate surface area is 125 Å². The summed E-state index contributed by atoms with van der Waals surface area (Å²) in [7, 11) is 1.83. The molecule has 1 unspecified atom stereocenters. The fraction of sp³-hybridized carbons (Fsp3) is 0.412. The molecule has 4 nitrogen and oxygen atoms in total. The maximum atomic E-state index is 12.5. The number of aliphatic carboxylic acids is 1. The zero-order chi connectivity index (χ0) is 15.6. The fourth-order valence-corrected chi connectivity index (χ4v) is 2.48. The monoisotopic (exact) mass is 287 g/mol. The highest BCUT2D eigenvalue weighted by molar-refractivity contribution is 5.95. The maximum absolute atomic E-state index is 12.5. The van der Waals surface area contributed by atoms with Crippen LogP contribution >= 0.6 is 0 Å². The van der Waals surface area contributed by atoms with Gasteiger partial charge in [-0.15, -0.1) is 0 Å². The Kier molecular flexibility index (Phi) is 4.46. The highest BCUT2D eigenvalue weighted by Gasteiger charge is 2.32. The number of hydrogen-bond donors (Lipinski definition) is 1. The van der Waals surface area contributed by atoms with Crippen molar-refractivity contribution in [3.8, 4) is 0 Å². The Bertz CT molecular complexity index is 588. The van der Waals surface area contributed by atoms with E-state index in [0.717, 1.165) is 17.2 Å². The Morgan fingerprint density at radius 2 is 2.00 bits per heavy atom. The van der Waals surface area contributed by atoms with E-state index in [4.69, 9.17) is 5.11 Å². The lowest BCUT2D eigenvalue weighted by Crippen LogP contribution is -2.36. The minimum atomic E-state index is -0.996. The molecular formula is C17H21NO3. The lowest BCUT2D eigenvalue weighted by Gasteiger charge is -2.25. The molecule has 1 aliphatic carbocycles. The molecule has 1 aromatic rings. The molecule has 1 aromatic carbocycles. The standard InChI is InChI=1S/C17H21NO3/c1-11-8-13(4-7-16(19)20)10-15(9-11)17(21)18(3)12(2)14-5-6-14/h4,7-10,12,14H,5-6H2,1-3H3,(H,19,20)/b7-4+. The molecule has 112 valence electrons. The van der Waals surface area contributed by atoms with Gasteiger partial charge in [-0.1, -0.05) is 6.07 Å². The summed E-state index contributed by atoms with van der Waals surface area (Å²) in [5.74, 6) is -0.387. The molecular weight excluding hydrogens is 266 g/mol. The third-order valence-electron chi connectivity index (χ3n) is 4.00. The normalized spacial score (nSPS) is 16.0. The van der Waals surface area contributed by atoms with Gasteiger partial charge in [-0.05, 0) is 61.9 Å². The van der Waals surface area contributed by atoms with Crippen LogP contribution in [0.15, 0.2) is 24.3 Å². The maximum Gasteiger partial charge on any atom is 0.328 e. The highest BCUT2D eigenvalue weighted by Crippen LogP contribution is 2.35. The number of carboxylic acid groups (broad SMARTS) is 1. The molecule has 0 spiro atoms. The molecule has 2 rings (SSSR count). The second-order valence-electron chi connectivity index (χ2n) is 5.80. The van der Waals surface area contributed by atoms with Crippen LogP contribution < -0.4 is 0 Å². The van der Waals surface area contributed by atoms with Crippen LogP contribution in [0.25, 0.3) is 6.08 Å². The molecule has 21 heavy (non-hydrogen) atoms. The summed E-state index contributed by atoms with van der Waals surface area (Å²) >= 11 is 0. The first-order valence-corrected chi connectivity index (χ1v) is 7.18. The number of carbonyl (C=O) groups excluding carboxylic acids is 1. The van der Waals surface area contributed by atoms with E-state index in [9.17, 15) is 9.59 Å². The first-order chi connectivity index (χ1) is 9.88. The molecule has 0 radical (unpaired) electrons. The van der Waals surface area contributed by atoms with Crippen LogP contribution in [0.2, 0.25) is 0 Å². The van der Waals surface area contributed by atoms with E-state index in [1.165, 1.54) is 18.9 Å². The van der Waals surface area contributed by atoms with Gasteiger partial charge in [0.1, 0.15) is 0 Å². The molecule has 0 bridgehead atoms. The van der Waals surface area contributed by atoms with E-state index >= 15 is 0 Å². The smallest absolute Gasteiger partial charge is 0.328 e. The van der Waals surface area contributed by atoms with Crippen LogP contribution in [0, 0.1) is 12.8 Å². The molecule has 1 aliphatic rings. The number of benzene rings is 1. The average Bonchev–Trinajstić information content (AvgIpc) is 3.26. The van der Waals surface area contributed by atoms with Crippen LogP contribution in [0.5, 0.6) is 0 Å². The number of amides is 1. The number of nitrogens with zero attached hydrogens (tertiary/aromatic N) is 1. The molecule has 1 amide bonds. The first-order valence-electron chi connectivity index (χ1n) is 7.18. The third kappa shape index (κ3) is 3.94. The minimum absolute atomic E-state index is 0.0110. The number of carbonyl (C=O) groups is 2. The van der Waals surface area contributed by atoms with Crippen molar-refractivity contribution < 1.29 is 14.7 Å². The highest BCUT2D eigenvalue weighted by atomic mass is 16.4. The Balaban J connectivity index is 2.21. The predicted octanol–water partition coefficient (Wildman–Crippen LogP) is 2.96. The third-order valence-corrected chi connectivity index (χ3v) is 4.00. The lowest BCUT2D eigenvalue weighted by atomic mass is 10.0. The van der Waals surface area contributed by atoms with E-state index in [-0.39, 0.29) is 11.9 Å². The Hall–Kier alpha value is -2.10. The van der Waals surface area contributed by atoms with Crippen molar-refractivity contribution in [2.75, 3.05) is 7.05 Å². The van der Waals surface area contributed by atoms with Crippen LogP contribution in [0.3, 0.4) is 0 Å². The molecule has 4 heteroatoms. The van der Waals surface area contributed by atoms with Crippen LogP contribution in [0.1, 0.15) is 41.3 Å². The first kappa shape index (κ1) is 15.3. The summed E-state index contributed by atoms with van der Waals surface area (Å²) in [6, 6.07) is 5.69. The number of rotatable bonds is 5. The van der Waals surface area contributed by atoms with Gasteiger partial charge in [-0.25, -0.2) is 4.79 Å². The summed E-state index contributed by atoms with van der Waals surface area (Å²) < 4.78 is 0. The molecule has 0 heterocycles.